The Morgan fingerprint density at radius 3 is 3.10 bits per heavy atom. The molecular formula is C16H22N2O2. The van der Waals surface area contributed by atoms with Crippen molar-refractivity contribution >= 4 is 5.91 Å². The van der Waals surface area contributed by atoms with E-state index in [0.717, 1.165) is 19.3 Å². The molecule has 0 spiro atoms. The Balaban J connectivity index is 1.78. The molecule has 108 valence electrons. The summed E-state index contributed by atoms with van der Waals surface area (Å²) in [4.78, 5) is 14.7. The van der Waals surface area contributed by atoms with Crippen molar-refractivity contribution in [2.45, 2.75) is 31.3 Å². The summed E-state index contributed by atoms with van der Waals surface area (Å²) in [6.07, 6.45) is 3.14. The standard InChI is InChI=1S/C16H22N2O2/c17-10-13-11-18(8-9-20-13)16(19)15-7-3-5-12-4-1-2-6-14(12)15/h1-2,4,6,13,15H,3,5,7-11,17H2/t13-,15+/m0/s1. The summed E-state index contributed by atoms with van der Waals surface area (Å²) in [6.45, 7) is 2.40. The number of rotatable bonds is 2. The predicted octanol–water partition coefficient (Wildman–Crippen LogP) is 1.29. The maximum atomic E-state index is 12.8. The van der Waals surface area contributed by atoms with Crippen LogP contribution in [0.5, 0.6) is 0 Å². The SMILES string of the molecule is NC[C@H]1CN(C(=O)[C@@H]2CCCc3ccccc32)CCO1. The minimum Gasteiger partial charge on any atom is -0.373 e. The van der Waals surface area contributed by atoms with Gasteiger partial charge in [0, 0.05) is 19.6 Å². The van der Waals surface area contributed by atoms with Gasteiger partial charge >= 0.3 is 0 Å². The highest BCUT2D eigenvalue weighted by molar-refractivity contribution is 5.84. The van der Waals surface area contributed by atoms with E-state index in [-0.39, 0.29) is 17.9 Å². The van der Waals surface area contributed by atoms with Crippen LogP contribution in [0.2, 0.25) is 0 Å². The summed E-state index contributed by atoms with van der Waals surface area (Å²) in [5.41, 5.74) is 8.21. The van der Waals surface area contributed by atoms with Gasteiger partial charge in [0.25, 0.3) is 0 Å². The number of hydrogen-bond donors (Lipinski definition) is 1. The first-order valence-corrected chi connectivity index (χ1v) is 7.48. The van der Waals surface area contributed by atoms with Crippen molar-refractivity contribution < 1.29 is 9.53 Å². The Labute approximate surface area is 119 Å². The quantitative estimate of drug-likeness (QED) is 0.884. The molecule has 1 aliphatic carbocycles. The smallest absolute Gasteiger partial charge is 0.230 e. The van der Waals surface area contributed by atoms with E-state index < -0.39 is 0 Å². The molecule has 1 saturated heterocycles. The molecule has 0 bridgehead atoms. The molecular weight excluding hydrogens is 252 g/mol. The minimum atomic E-state index is -0.00784. The van der Waals surface area contributed by atoms with Crippen LogP contribution in [0.4, 0.5) is 0 Å². The highest BCUT2D eigenvalue weighted by atomic mass is 16.5. The van der Waals surface area contributed by atoms with Crippen LogP contribution >= 0.6 is 0 Å². The van der Waals surface area contributed by atoms with Crippen LogP contribution in [-0.4, -0.2) is 43.2 Å². The number of carbonyl (C=O) groups excluding carboxylic acids is 1. The molecule has 2 N–H and O–H groups in total. The van der Waals surface area contributed by atoms with Gasteiger partial charge in [-0.25, -0.2) is 0 Å². The Morgan fingerprint density at radius 2 is 2.25 bits per heavy atom. The zero-order chi connectivity index (χ0) is 13.9. The molecule has 0 unspecified atom stereocenters. The number of ether oxygens (including phenoxy) is 1. The second-order valence-corrected chi connectivity index (χ2v) is 5.66. The van der Waals surface area contributed by atoms with Gasteiger partial charge in [0.05, 0.1) is 18.6 Å². The molecule has 1 fully saturated rings. The third-order valence-corrected chi connectivity index (χ3v) is 4.38. The lowest BCUT2D eigenvalue weighted by Gasteiger charge is -2.36. The molecule has 4 nitrogen and oxygen atoms in total. The Morgan fingerprint density at radius 1 is 1.40 bits per heavy atom. The zero-order valence-electron chi connectivity index (χ0n) is 11.8. The fourth-order valence-corrected chi connectivity index (χ4v) is 3.29. The van der Waals surface area contributed by atoms with Crippen LogP contribution < -0.4 is 5.73 Å². The first-order valence-electron chi connectivity index (χ1n) is 7.48. The average molecular weight is 274 g/mol. The molecule has 0 aromatic heterocycles. The van der Waals surface area contributed by atoms with Gasteiger partial charge < -0.3 is 15.4 Å². The van der Waals surface area contributed by atoms with Crippen molar-refractivity contribution in [1.29, 1.82) is 0 Å². The van der Waals surface area contributed by atoms with Crippen molar-refractivity contribution in [2.75, 3.05) is 26.2 Å². The largest absolute Gasteiger partial charge is 0.373 e. The van der Waals surface area contributed by atoms with Gasteiger partial charge in [-0.05, 0) is 30.4 Å². The minimum absolute atomic E-state index is 0.00784. The van der Waals surface area contributed by atoms with E-state index in [2.05, 4.69) is 18.2 Å². The molecule has 20 heavy (non-hydrogen) atoms. The molecule has 0 radical (unpaired) electrons. The predicted molar refractivity (Wildman–Crippen MR) is 77.5 cm³/mol. The number of aryl methyl sites for hydroxylation is 1. The van der Waals surface area contributed by atoms with Crippen molar-refractivity contribution in [3.8, 4) is 0 Å². The van der Waals surface area contributed by atoms with Gasteiger partial charge in [-0.15, -0.1) is 0 Å². The van der Waals surface area contributed by atoms with E-state index >= 15 is 0 Å². The summed E-state index contributed by atoms with van der Waals surface area (Å²) in [6, 6.07) is 8.35. The van der Waals surface area contributed by atoms with Gasteiger partial charge in [-0.1, -0.05) is 24.3 Å². The molecule has 4 heteroatoms. The number of morpholine rings is 1. The molecule has 1 aromatic carbocycles. The van der Waals surface area contributed by atoms with Crippen LogP contribution in [0.3, 0.4) is 0 Å². The Bertz CT molecular complexity index is 489. The maximum absolute atomic E-state index is 12.8. The van der Waals surface area contributed by atoms with Crippen molar-refractivity contribution in [3.63, 3.8) is 0 Å². The number of hydrogen-bond acceptors (Lipinski definition) is 3. The van der Waals surface area contributed by atoms with Crippen LogP contribution in [0, 0.1) is 0 Å². The lowest BCUT2D eigenvalue weighted by atomic mass is 9.82. The van der Waals surface area contributed by atoms with E-state index in [1.54, 1.807) is 0 Å². The molecule has 1 heterocycles. The molecule has 1 aliphatic heterocycles. The molecule has 1 aromatic rings. The lowest BCUT2D eigenvalue weighted by molar-refractivity contribution is -0.140. The second kappa shape index (κ2) is 5.94. The second-order valence-electron chi connectivity index (χ2n) is 5.66. The lowest BCUT2D eigenvalue weighted by Crippen LogP contribution is -2.49. The summed E-state index contributed by atoms with van der Waals surface area (Å²) in [5.74, 6) is 0.273. The highest BCUT2D eigenvalue weighted by Gasteiger charge is 2.32. The third-order valence-electron chi connectivity index (χ3n) is 4.38. The summed E-state index contributed by atoms with van der Waals surface area (Å²) in [5, 5.41) is 0. The Hall–Kier alpha value is -1.39. The summed E-state index contributed by atoms with van der Waals surface area (Å²) in [7, 11) is 0. The van der Waals surface area contributed by atoms with E-state index in [1.165, 1.54) is 11.1 Å². The maximum Gasteiger partial charge on any atom is 0.230 e. The van der Waals surface area contributed by atoms with Gasteiger partial charge in [0.2, 0.25) is 5.91 Å². The number of carbonyl (C=O) groups is 1. The monoisotopic (exact) mass is 274 g/mol. The van der Waals surface area contributed by atoms with Gasteiger partial charge in [0.15, 0.2) is 0 Å². The van der Waals surface area contributed by atoms with Crippen LogP contribution in [-0.2, 0) is 16.0 Å². The number of nitrogens with zero attached hydrogens (tertiary/aromatic N) is 1. The van der Waals surface area contributed by atoms with E-state index in [4.69, 9.17) is 10.5 Å². The molecule has 3 rings (SSSR count). The van der Waals surface area contributed by atoms with Crippen molar-refractivity contribution in [3.05, 3.63) is 35.4 Å². The fraction of sp³-hybridized carbons (Fsp3) is 0.562. The average Bonchev–Trinajstić information content (AvgIpc) is 2.53. The normalized spacial score (nSPS) is 26.1. The van der Waals surface area contributed by atoms with Gasteiger partial charge in [-0.3, -0.25) is 4.79 Å². The number of benzene rings is 1. The molecule has 0 saturated carbocycles. The third kappa shape index (κ3) is 2.58. The fourth-order valence-electron chi connectivity index (χ4n) is 3.29. The number of nitrogens with two attached hydrogens (primary N) is 1. The molecule has 2 atom stereocenters. The Kier molecular flexibility index (Phi) is 4.03. The van der Waals surface area contributed by atoms with Crippen LogP contribution in [0.15, 0.2) is 24.3 Å². The van der Waals surface area contributed by atoms with Gasteiger partial charge in [0.1, 0.15) is 0 Å². The van der Waals surface area contributed by atoms with Crippen molar-refractivity contribution in [1.82, 2.24) is 4.90 Å². The summed E-state index contributed by atoms with van der Waals surface area (Å²) < 4.78 is 5.55. The van der Waals surface area contributed by atoms with E-state index in [1.807, 2.05) is 11.0 Å². The molecule has 1 amide bonds. The number of fused-ring (bicyclic) bond motifs is 1. The topological polar surface area (TPSA) is 55.6 Å². The first kappa shape index (κ1) is 13.6. The van der Waals surface area contributed by atoms with Crippen molar-refractivity contribution in [2.24, 2.45) is 5.73 Å². The van der Waals surface area contributed by atoms with Crippen LogP contribution in [0.1, 0.15) is 29.9 Å². The van der Waals surface area contributed by atoms with E-state index in [0.29, 0.717) is 26.2 Å². The van der Waals surface area contributed by atoms with E-state index in [9.17, 15) is 4.79 Å². The zero-order valence-corrected chi connectivity index (χ0v) is 11.8. The van der Waals surface area contributed by atoms with Crippen LogP contribution in [0.25, 0.3) is 0 Å². The number of amides is 1. The molecule has 2 aliphatic rings. The summed E-state index contributed by atoms with van der Waals surface area (Å²) >= 11 is 0. The van der Waals surface area contributed by atoms with Gasteiger partial charge in [-0.2, -0.15) is 0 Å². The highest BCUT2D eigenvalue weighted by Crippen LogP contribution is 2.33. The first-order chi connectivity index (χ1) is 9.79.